The van der Waals surface area contributed by atoms with Crippen LogP contribution in [-0.4, -0.2) is 41.4 Å². The van der Waals surface area contributed by atoms with Crippen LogP contribution in [-0.2, 0) is 4.79 Å². The minimum absolute atomic E-state index is 0.109. The molecule has 0 saturated carbocycles. The third-order valence-electron chi connectivity index (χ3n) is 4.74. The van der Waals surface area contributed by atoms with Crippen LogP contribution in [0.2, 0.25) is 0 Å². The molecule has 6 nitrogen and oxygen atoms in total. The molecule has 2 aliphatic rings. The molecule has 0 aliphatic carbocycles. The van der Waals surface area contributed by atoms with Crippen molar-refractivity contribution in [2.75, 3.05) is 25.6 Å². The molecular weight excluding hydrogens is 350 g/mol. The average molecular weight is 369 g/mol. The van der Waals surface area contributed by atoms with Gasteiger partial charge < -0.3 is 14.4 Å². The molecule has 0 spiro atoms. The molecule has 0 unspecified atom stereocenters. The summed E-state index contributed by atoms with van der Waals surface area (Å²) in [7, 11) is 0. The highest BCUT2D eigenvalue weighted by molar-refractivity contribution is 8.00. The number of piperidine rings is 1. The Morgan fingerprint density at radius 3 is 2.96 bits per heavy atom. The molecule has 1 saturated heterocycles. The second-order valence-electron chi connectivity index (χ2n) is 6.73. The van der Waals surface area contributed by atoms with Crippen molar-refractivity contribution in [2.45, 2.75) is 24.8 Å². The number of benzene rings is 1. The molecule has 1 aromatic carbocycles. The highest BCUT2D eigenvalue weighted by atomic mass is 32.2. The van der Waals surface area contributed by atoms with E-state index in [-0.39, 0.29) is 12.7 Å². The van der Waals surface area contributed by atoms with Crippen LogP contribution < -0.4 is 9.47 Å². The van der Waals surface area contributed by atoms with Crippen LogP contribution in [0.1, 0.15) is 25.3 Å². The predicted octanol–water partition coefficient (Wildman–Crippen LogP) is 3.19. The fourth-order valence-electron chi connectivity index (χ4n) is 3.37. The van der Waals surface area contributed by atoms with Crippen molar-refractivity contribution in [1.82, 2.24) is 9.88 Å². The number of thioether (sulfide) groups is 1. The molecule has 2 aromatic rings. The Kier molecular flexibility index (Phi) is 4.60. The number of carbonyl (C=O) groups excluding carboxylic acids is 1. The van der Waals surface area contributed by atoms with Gasteiger partial charge in [-0.1, -0.05) is 18.7 Å². The van der Waals surface area contributed by atoms with Crippen LogP contribution in [0, 0.1) is 17.2 Å². The fourth-order valence-corrected chi connectivity index (χ4v) is 4.24. The minimum atomic E-state index is 0.109. The standard InChI is InChI=1S/C19H19N3O3S/c1-12-3-2-4-22(9-12)18(23)10-26-19-14(8-20)5-13-6-16-17(25-11-24-16)7-15(13)21-19/h5-7,12H,2-4,9-11H2,1H3/t12-/m0/s1. The Labute approximate surface area is 156 Å². The largest absolute Gasteiger partial charge is 0.454 e. The van der Waals surface area contributed by atoms with E-state index in [4.69, 9.17) is 9.47 Å². The number of nitrogens with zero attached hydrogens (tertiary/aromatic N) is 3. The minimum Gasteiger partial charge on any atom is -0.454 e. The first kappa shape index (κ1) is 17.0. The second kappa shape index (κ2) is 7.04. The first-order valence-corrected chi connectivity index (χ1v) is 9.67. The summed E-state index contributed by atoms with van der Waals surface area (Å²) < 4.78 is 10.8. The molecule has 134 valence electrons. The molecule has 1 fully saturated rings. The Morgan fingerprint density at radius 2 is 2.19 bits per heavy atom. The average Bonchev–Trinajstić information content (AvgIpc) is 3.10. The van der Waals surface area contributed by atoms with Gasteiger partial charge in [0.15, 0.2) is 11.5 Å². The molecule has 0 N–H and O–H groups in total. The number of nitriles is 1. The summed E-state index contributed by atoms with van der Waals surface area (Å²) >= 11 is 1.33. The van der Waals surface area contributed by atoms with Crippen molar-refractivity contribution in [3.63, 3.8) is 0 Å². The normalized spacial score (nSPS) is 18.8. The van der Waals surface area contributed by atoms with Crippen LogP contribution in [0.15, 0.2) is 23.2 Å². The summed E-state index contributed by atoms with van der Waals surface area (Å²) in [4.78, 5) is 19.0. The van der Waals surface area contributed by atoms with E-state index in [2.05, 4.69) is 18.0 Å². The van der Waals surface area contributed by atoms with Gasteiger partial charge in [-0.2, -0.15) is 5.26 Å². The van der Waals surface area contributed by atoms with Crippen molar-refractivity contribution in [3.05, 3.63) is 23.8 Å². The summed E-state index contributed by atoms with van der Waals surface area (Å²) in [6.45, 7) is 4.01. The number of pyridine rings is 1. The monoisotopic (exact) mass is 369 g/mol. The Bertz CT molecular complexity index is 909. The first-order valence-electron chi connectivity index (χ1n) is 8.69. The lowest BCUT2D eigenvalue weighted by Crippen LogP contribution is -2.40. The van der Waals surface area contributed by atoms with E-state index < -0.39 is 0 Å². The zero-order valence-corrected chi connectivity index (χ0v) is 15.3. The number of ether oxygens (including phenoxy) is 2. The lowest BCUT2D eigenvalue weighted by Gasteiger charge is -2.30. The van der Waals surface area contributed by atoms with Crippen LogP contribution in [0.5, 0.6) is 11.5 Å². The number of carbonyl (C=O) groups is 1. The number of rotatable bonds is 3. The van der Waals surface area contributed by atoms with Gasteiger partial charge in [0.1, 0.15) is 11.1 Å². The van der Waals surface area contributed by atoms with E-state index in [9.17, 15) is 10.1 Å². The molecule has 7 heteroatoms. The molecule has 26 heavy (non-hydrogen) atoms. The number of likely N-dealkylation sites (tertiary alicyclic amines) is 1. The predicted molar refractivity (Wildman–Crippen MR) is 98.3 cm³/mol. The summed E-state index contributed by atoms with van der Waals surface area (Å²) in [5, 5.41) is 10.9. The Hall–Kier alpha value is -2.46. The second-order valence-corrected chi connectivity index (χ2v) is 7.69. The highest BCUT2D eigenvalue weighted by Gasteiger charge is 2.22. The number of hydrogen-bond acceptors (Lipinski definition) is 6. The molecule has 0 radical (unpaired) electrons. The van der Waals surface area contributed by atoms with Crippen LogP contribution in [0.25, 0.3) is 10.9 Å². The van der Waals surface area contributed by atoms with Crippen LogP contribution in [0.4, 0.5) is 0 Å². The quantitative estimate of drug-likeness (QED) is 0.774. The third-order valence-corrected chi connectivity index (χ3v) is 5.71. The maximum Gasteiger partial charge on any atom is 0.232 e. The molecule has 1 amide bonds. The van der Waals surface area contributed by atoms with Gasteiger partial charge in [-0.3, -0.25) is 4.79 Å². The van der Waals surface area contributed by atoms with Gasteiger partial charge in [0.05, 0.1) is 16.8 Å². The van der Waals surface area contributed by atoms with E-state index in [1.54, 1.807) is 6.07 Å². The van der Waals surface area contributed by atoms with Gasteiger partial charge >= 0.3 is 0 Å². The van der Waals surface area contributed by atoms with E-state index >= 15 is 0 Å². The number of fused-ring (bicyclic) bond motifs is 2. The third kappa shape index (κ3) is 3.29. The summed E-state index contributed by atoms with van der Waals surface area (Å²) in [6.07, 6.45) is 2.24. The van der Waals surface area contributed by atoms with E-state index in [0.29, 0.717) is 33.8 Å². The molecule has 1 atom stereocenters. The molecular formula is C19H19N3O3S. The summed E-state index contributed by atoms with van der Waals surface area (Å²) in [5.74, 6) is 2.28. The van der Waals surface area contributed by atoms with Gasteiger partial charge in [-0.15, -0.1) is 0 Å². The zero-order chi connectivity index (χ0) is 18.1. The SMILES string of the molecule is C[C@H]1CCCN(C(=O)CSc2nc3cc4c(cc3cc2C#N)OCO4)C1. The van der Waals surface area contributed by atoms with Crippen molar-refractivity contribution in [3.8, 4) is 17.6 Å². The smallest absolute Gasteiger partial charge is 0.232 e. The van der Waals surface area contributed by atoms with Gasteiger partial charge in [0.2, 0.25) is 12.7 Å². The van der Waals surface area contributed by atoms with Gasteiger partial charge in [-0.05, 0) is 30.9 Å². The van der Waals surface area contributed by atoms with Crippen molar-refractivity contribution in [1.29, 1.82) is 5.26 Å². The lowest BCUT2D eigenvalue weighted by molar-refractivity contribution is -0.130. The summed E-state index contributed by atoms with van der Waals surface area (Å²) in [5.41, 5.74) is 1.20. The van der Waals surface area contributed by atoms with Crippen molar-refractivity contribution >= 4 is 28.6 Å². The maximum atomic E-state index is 12.5. The molecule has 4 rings (SSSR count). The molecule has 0 bridgehead atoms. The number of aromatic nitrogens is 1. The lowest BCUT2D eigenvalue weighted by atomic mass is 10.0. The van der Waals surface area contributed by atoms with Gasteiger partial charge in [-0.25, -0.2) is 4.98 Å². The Morgan fingerprint density at radius 1 is 1.38 bits per heavy atom. The summed E-state index contributed by atoms with van der Waals surface area (Å²) in [6, 6.07) is 7.63. The van der Waals surface area contributed by atoms with Crippen molar-refractivity contribution in [2.24, 2.45) is 5.92 Å². The number of hydrogen-bond donors (Lipinski definition) is 0. The van der Waals surface area contributed by atoms with Gasteiger partial charge in [0.25, 0.3) is 0 Å². The highest BCUT2D eigenvalue weighted by Crippen LogP contribution is 2.37. The van der Waals surface area contributed by atoms with Crippen LogP contribution in [0.3, 0.4) is 0 Å². The Balaban J connectivity index is 1.54. The topological polar surface area (TPSA) is 75.5 Å². The maximum absolute atomic E-state index is 12.5. The zero-order valence-electron chi connectivity index (χ0n) is 14.5. The van der Waals surface area contributed by atoms with E-state index in [1.165, 1.54) is 18.2 Å². The number of amides is 1. The van der Waals surface area contributed by atoms with Crippen molar-refractivity contribution < 1.29 is 14.3 Å². The fraction of sp³-hybridized carbons (Fsp3) is 0.421. The first-order chi connectivity index (χ1) is 12.6. The molecule has 3 heterocycles. The van der Waals surface area contributed by atoms with E-state index in [1.807, 2.05) is 17.0 Å². The van der Waals surface area contributed by atoms with Gasteiger partial charge in [0, 0.05) is 24.5 Å². The van der Waals surface area contributed by atoms with Crippen LogP contribution >= 0.6 is 11.8 Å². The molecule has 2 aliphatic heterocycles. The van der Waals surface area contributed by atoms with E-state index in [0.717, 1.165) is 30.4 Å². The molecule has 1 aromatic heterocycles.